The minimum Gasteiger partial charge on any atom is -0.442 e. The highest BCUT2D eigenvalue weighted by Gasteiger charge is 2.25. The minimum absolute atomic E-state index is 0.000919. The number of carbonyl (C=O) groups is 1. The molecule has 0 fully saturated rings. The lowest BCUT2D eigenvalue weighted by atomic mass is 10.1. The molecular formula is C14H14O4S. The second-order valence-electron chi connectivity index (χ2n) is 4.51. The summed E-state index contributed by atoms with van der Waals surface area (Å²) >= 11 is 0. The Bertz CT molecular complexity index is 716. The van der Waals surface area contributed by atoms with E-state index in [1.807, 2.05) is 19.1 Å². The Labute approximate surface area is 112 Å². The zero-order chi connectivity index (χ0) is 14.2. The maximum absolute atomic E-state index is 12.5. The fourth-order valence-corrected chi connectivity index (χ4v) is 3.85. The molecule has 0 radical (unpaired) electrons. The van der Waals surface area contributed by atoms with E-state index in [0.717, 1.165) is 5.56 Å². The van der Waals surface area contributed by atoms with Gasteiger partial charge in [-0.25, -0.2) is 8.42 Å². The number of benzene rings is 1. The number of carbonyl (C=O) groups excluding carboxylic acids is 1. The van der Waals surface area contributed by atoms with E-state index in [0.29, 0.717) is 17.4 Å². The van der Waals surface area contributed by atoms with Gasteiger partial charge < -0.3 is 4.42 Å². The first kappa shape index (κ1) is 13.5. The summed E-state index contributed by atoms with van der Waals surface area (Å²) in [5, 5.41) is -0.204. The average Bonchev–Trinajstić information content (AvgIpc) is 2.75. The summed E-state index contributed by atoms with van der Waals surface area (Å²) in [6.07, 6.45) is 0.480. The summed E-state index contributed by atoms with van der Waals surface area (Å²) in [7, 11) is -3.73. The molecule has 0 saturated carbocycles. The van der Waals surface area contributed by atoms with Crippen LogP contribution in [-0.2, 0) is 9.84 Å². The molecule has 5 heteroatoms. The first-order chi connectivity index (χ1) is 8.86. The molecule has 0 unspecified atom stereocenters. The Morgan fingerprint density at radius 3 is 2.11 bits per heavy atom. The smallest absolute Gasteiger partial charge is 0.240 e. The third kappa shape index (κ3) is 2.33. The molecule has 0 spiro atoms. The van der Waals surface area contributed by atoms with E-state index < -0.39 is 9.84 Å². The van der Waals surface area contributed by atoms with Crippen LogP contribution in [-0.4, -0.2) is 14.7 Å². The number of hydrogen-bond donors (Lipinski definition) is 0. The van der Waals surface area contributed by atoms with Gasteiger partial charge in [0.25, 0.3) is 0 Å². The van der Waals surface area contributed by atoms with Crippen LogP contribution in [0.2, 0.25) is 0 Å². The van der Waals surface area contributed by atoms with Crippen LogP contribution in [0.3, 0.4) is 0 Å². The van der Waals surface area contributed by atoms with Gasteiger partial charge in [0.1, 0.15) is 0 Å². The number of aldehydes is 1. The molecule has 0 N–H and O–H groups in total. The number of sulfone groups is 1. The Morgan fingerprint density at radius 1 is 1.05 bits per heavy atom. The molecule has 0 aliphatic rings. The van der Waals surface area contributed by atoms with Crippen molar-refractivity contribution in [2.45, 2.75) is 30.8 Å². The van der Waals surface area contributed by atoms with Crippen molar-refractivity contribution >= 4 is 16.1 Å². The highest BCUT2D eigenvalue weighted by molar-refractivity contribution is 7.91. The number of aryl methyl sites for hydroxylation is 3. The van der Waals surface area contributed by atoms with Crippen molar-refractivity contribution in [1.29, 1.82) is 0 Å². The van der Waals surface area contributed by atoms with E-state index in [1.54, 1.807) is 13.8 Å². The van der Waals surface area contributed by atoms with Gasteiger partial charge in [0.2, 0.25) is 14.9 Å². The zero-order valence-electron chi connectivity index (χ0n) is 10.9. The Balaban J connectivity index is 2.66. The molecule has 0 aliphatic carbocycles. The highest BCUT2D eigenvalue weighted by atomic mass is 32.2. The van der Waals surface area contributed by atoms with E-state index in [1.165, 1.54) is 12.1 Å². The fraction of sp³-hybridized carbons (Fsp3) is 0.214. The molecule has 0 atom stereocenters. The molecule has 1 aromatic heterocycles. The molecule has 2 aromatic rings. The van der Waals surface area contributed by atoms with Crippen LogP contribution in [0.5, 0.6) is 0 Å². The first-order valence-electron chi connectivity index (χ1n) is 5.74. The van der Waals surface area contributed by atoms with Crippen molar-refractivity contribution in [2.75, 3.05) is 0 Å². The third-order valence-electron chi connectivity index (χ3n) is 2.86. The van der Waals surface area contributed by atoms with Crippen LogP contribution in [0.1, 0.15) is 27.2 Å². The molecule has 1 aromatic carbocycles. The Morgan fingerprint density at radius 2 is 1.63 bits per heavy atom. The topological polar surface area (TPSA) is 64.3 Å². The highest BCUT2D eigenvalue weighted by Crippen LogP contribution is 2.28. The molecule has 100 valence electrons. The first-order valence-corrected chi connectivity index (χ1v) is 7.22. The monoisotopic (exact) mass is 278 g/mol. The van der Waals surface area contributed by atoms with Crippen LogP contribution >= 0.6 is 0 Å². The van der Waals surface area contributed by atoms with Gasteiger partial charge in [0, 0.05) is 0 Å². The van der Waals surface area contributed by atoms with Crippen LogP contribution in [0.15, 0.2) is 38.7 Å². The number of rotatable bonds is 3. The van der Waals surface area contributed by atoms with Crippen molar-refractivity contribution in [1.82, 2.24) is 0 Å². The van der Waals surface area contributed by atoms with E-state index in [-0.39, 0.29) is 15.7 Å². The summed E-state index contributed by atoms with van der Waals surface area (Å²) in [5.41, 5.74) is 2.34. The van der Waals surface area contributed by atoms with Crippen LogP contribution in [0, 0.1) is 20.8 Å². The molecule has 2 rings (SSSR count). The molecule has 19 heavy (non-hydrogen) atoms. The van der Waals surface area contributed by atoms with Crippen molar-refractivity contribution in [3.8, 4) is 0 Å². The molecule has 4 nitrogen and oxygen atoms in total. The lowest BCUT2D eigenvalue weighted by Gasteiger charge is -2.10. The van der Waals surface area contributed by atoms with Gasteiger partial charge in [-0.3, -0.25) is 4.79 Å². The number of hydrogen-bond acceptors (Lipinski definition) is 4. The van der Waals surface area contributed by atoms with Gasteiger partial charge in [-0.15, -0.1) is 0 Å². The fourth-order valence-electron chi connectivity index (χ4n) is 2.23. The zero-order valence-corrected chi connectivity index (χ0v) is 11.7. The summed E-state index contributed by atoms with van der Waals surface area (Å²) in [4.78, 5) is 10.8. The third-order valence-corrected chi connectivity index (χ3v) is 4.79. The van der Waals surface area contributed by atoms with E-state index in [2.05, 4.69) is 0 Å². The molecule has 0 amide bonds. The Hall–Kier alpha value is -1.88. The molecule has 1 heterocycles. The van der Waals surface area contributed by atoms with Crippen molar-refractivity contribution in [3.63, 3.8) is 0 Å². The van der Waals surface area contributed by atoms with Gasteiger partial charge in [-0.2, -0.15) is 0 Å². The molecule has 0 saturated heterocycles. The van der Waals surface area contributed by atoms with Crippen molar-refractivity contribution in [3.05, 3.63) is 46.7 Å². The molecule has 0 aliphatic heterocycles. The normalized spacial score (nSPS) is 11.5. The van der Waals surface area contributed by atoms with Gasteiger partial charge in [-0.05, 0) is 44.0 Å². The SMILES string of the molecule is Cc1cc(C)c(S(=O)(=O)c2ccc(C=O)o2)c(C)c1. The summed E-state index contributed by atoms with van der Waals surface area (Å²) in [6.45, 7) is 5.40. The molecular weight excluding hydrogens is 264 g/mol. The van der Waals surface area contributed by atoms with Gasteiger partial charge in [0.15, 0.2) is 12.0 Å². The van der Waals surface area contributed by atoms with Gasteiger partial charge in [-0.1, -0.05) is 17.7 Å². The number of furan rings is 1. The van der Waals surface area contributed by atoms with Gasteiger partial charge in [0.05, 0.1) is 4.90 Å². The van der Waals surface area contributed by atoms with Crippen LogP contribution in [0.4, 0.5) is 0 Å². The van der Waals surface area contributed by atoms with Crippen LogP contribution < -0.4 is 0 Å². The minimum atomic E-state index is -3.73. The lowest BCUT2D eigenvalue weighted by Crippen LogP contribution is -2.06. The maximum Gasteiger partial charge on any atom is 0.240 e. The van der Waals surface area contributed by atoms with E-state index >= 15 is 0 Å². The van der Waals surface area contributed by atoms with E-state index in [9.17, 15) is 13.2 Å². The van der Waals surface area contributed by atoms with Crippen LogP contribution in [0.25, 0.3) is 0 Å². The quantitative estimate of drug-likeness (QED) is 0.810. The van der Waals surface area contributed by atoms with E-state index in [4.69, 9.17) is 4.42 Å². The standard InChI is InChI=1S/C14H14O4S/c1-9-6-10(2)14(11(3)7-9)19(16,17)13-5-4-12(8-15)18-13/h4-8H,1-3H3. The summed E-state index contributed by atoms with van der Waals surface area (Å²) in [5.74, 6) is 0.000919. The van der Waals surface area contributed by atoms with Crippen molar-refractivity contribution in [2.24, 2.45) is 0 Å². The summed E-state index contributed by atoms with van der Waals surface area (Å²) < 4.78 is 30.0. The summed E-state index contributed by atoms with van der Waals surface area (Å²) in [6, 6.07) is 6.27. The largest absolute Gasteiger partial charge is 0.442 e. The predicted molar refractivity (Wildman–Crippen MR) is 70.2 cm³/mol. The van der Waals surface area contributed by atoms with Gasteiger partial charge >= 0.3 is 0 Å². The average molecular weight is 278 g/mol. The maximum atomic E-state index is 12.5. The molecule has 0 bridgehead atoms. The second kappa shape index (κ2) is 4.66. The predicted octanol–water partition coefficient (Wildman–Crippen LogP) is 2.85. The lowest BCUT2D eigenvalue weighted by molar-refractivity contribution is 0.109. The Kier molecular flexibility index (Phi) is 3.32. The second-order valence-corrected chi connectivity index (χ2v) is 6.32. The van der Waals surface area contributed by atoms with Crippen molar-refractivity contribution < 1.29 is 17.6 Å².